The van der Waals surface area contributed by atoms with Crippen molar-refractivity contribution in [3.8, 4) is 0 Å². The Hall–Kier alpha value is -2.08. The average Bonchev–Trinajstić information content (AvgIpc) is 2.34. The molecular weight excluding hydrogens is 232 g/mol. The van der Waals surface area contributed by atoms with Crippen LogP contribution in [0.3, 0.4) is 0 Å². The molecule has 2 amide bonds. The van der Waals surface area contributed by atoms with Gasteiger partial charge < -0.3 is 15.8 Å². The molecule has 0 radical (unpaired) electrons. The van der Waals surface area contributed by atoms with Crippen LogP contribution in [0.25, 0.3) is 0 Å². The Labute approximate surface area is 106 Å². The van der Waals surface area contributed by atoms with Gasteiger partial charge in [-0.3, -0.25) is 5.32 Å². The van der Waals surface area contributed by atoms with Crippen molar-refractivity contribution in [3.63, 3.8) is 0 Å². The number of aliphatic hydroxyl groups is 1. The fraction of sp³-hybridized carbons (Fsp3) is 0.333. The number of carbonyl (C=O) groups is 1. The Morgan fingerprint density at radius 2 is 2.06 bits per heavy atom. The summed E-state index contributed by atoms with van der Waals surface area (Å²) in [4.78, 5) is 11.6. The number of hydrazone groups is 1. The molecule has 6 heteroatoms. The van der Waals surface area contributed by atoms with E-state index in [0.717, 1.165) is 16.8 Å². The number of carbonyl (C=O) groups excluding carboxylic acids is 1. The van der Waals surface area contributed by atoms with E-state index in [1.807, 2.05) is 32.0 Å². The first kappa shape index (κ1) is 14.0. The number of rotatable bonds is 5. The normalized spacial score (nSPS) is 10.4. The number of hydrogen-bond acceptors (Lipinski definition) is 4. The zero-order valence-electron chi connectivity index (χ0n) is 10.5. The van der Waals surface area contributed by atoms with Gasteiger partial charge >= 0.3 is 6.03 Å². The number of para-hydroxylation sites is 1. The maximum atomic E-state index is 11.6. The number of hydrogen-bond donors (Lipinski definition) is 4. The van der Waals surface area contributed by atoms with E-state index in [1.165, 1.54) is 6.34 Å². The standard InChI is InChI=1S/C12H18N4O2/c1-9-4-3-5-10(2)11(9)16-12(18)13-8-15-14-6-7-17/h3-5,8,14,17H,6-7H2,1-2H3,(H2,13,15,16,18). The van der Waals surface area contributed by atoms with E-state index in [1.54, 1.807) is 0 Å². The van der Waals surface area contributed by atoms with Crippen LogP contribution in [0.15, 0.2) is 23.3 Å². The Morgan fingerprint density at radius 3 is 2.67 bits per heavy atom. The second-order valence-corrected chi connectivity index (χ2v) is 3.76. The van der Waals surface area contributed by atoms with Crippen LogP contribution in [0.5, 0.6) is 0 Å². The lowest BCUT2D eigenvalue weighted by Crippen LogP contribution is -2.29. The highest BCUT2D eigenvalue weighted by Gasteiger charge is 2.05. The molecule has 98 valence electrons. The minimum atomic E-state index is -0.359. The van der Waals surface area contributed by atoms with Crippen molar-refractivity contribution in [1.82, 2.24) is 10.7 Å². The number of amides is 2. The molecule has 4 N–H and O–H groups in total. The summed E-state index contributed by atoms with van der Waals surface area (Å²) >= 11 is 0. The van der Waals surface area contributed by atoms with E-state index in [0.29, 0.717) is 6.54 Å². The molecule has 0 aromatic heterocycles. The SMILES string of the molecule is Cc1cccc(C)c1NC(=O)NC=NNCCO. The number of anilines is 1. The Morgan fingerprint density at radius 1 is 1.39 bits per heavy atom. The van der Waals surface area contributed by atoms with E-state index in [4.69, 9.17) is 5.11 Å². The summed E-state index contributed by atoms with van der Waals surface area (Å²) < 4.78 is 0. The predicted octanol–water partition coefficient (Wildman–Crippen LogP) is 0.950. The topological polar surface area (TPSA) is 85.8 Å². The summed E-state index contributed by atoms with van der Waals surface area (Å²) in [6.45, 7) is 4.20. The van der Waals surface area contributed by atoms with Crippen LogP contribution in [-0.2, 0) is 0 Å². The maximum Gasteiger partial charge on any atom is 0.324 e. The van der Waals surface area contributed by atoms with Gasteiger partial charge in [-0.2, -0.15) is 5.10 Å². The van der Waals surface area contributed by atoms with Crippen LogP contribution in [0.1, 0.15) is 11.1 Å². The third-order valence-electron chi connectivity index (χ3n) is 2.29. The summed E-state index contributed by atoms with van der Waals surface area (Å²) in [5.41, 5.74) is 5.35. The first-order valence-corrected chi connectivity index (χ1v) is 5.64. The van der Waals surface area contributed by atoms with Gasteiger partial charge in [0.25, 0.3) is 0 Å². The molecule has 1 aromatic carbocycles. The molecule has 0 aliphatic heterocycles. The second-order valence-electron chi connectivity index (χ2n) is 3.76. The van der Waals surface area contributed by atoms with Crippen molar-refractivity contribution >= 4 is 18.1 Å². The Kier molecular flexibility index (Phi) is 5.66. The molecule has 0 saturated carbocycles. The Bertz CT molecular complexity index is 412. The van der Waals surface area contributed by atoms with Crippen LogP contribution in [-0.4, -0.2) is 30.6 Å². The van der Waals surface area contributed by atoms with Gasteiger partial charge in [0.2, 0.25) is 0 Å². The lowest BCUT2D eigenvalue weighted by Gasteiger charge is -2.10. The Balaban J connectivity index is 2.47. The average molecular weight is 250 g/mol. The molecule has 0 bridgehead atoms. The largest absolute Gasteiger partial charge is 0.394 e. The van der Waals surface area contributed by atoms with E-state index in [-0.39, 0.29) is 12.6 Å². The minimum absolute atomic E-state index is 0.00799. The molecule has 6 nitrogen and oxygen atoms in total. The van der Waals surface area contributed by atoms with Crippen molar-refractivity contribution in [2.45, 2.75) is 13.8 Å². The first-order valence-electron chi connectivity index (χ1n) is 5.64. The molecule has 1 rings (SSSR count). The molecule has 0 saturated heterocycles. The molecule has 0 spiro atoms. The third kappa shape index (κ3) is 4.42. The number of nitrogens with zero attached hydrogens (tertiary/aromatic N) is 1. The van der Waals surface area contributed by atoms with Crippen LogP contribution in [0.4, 0.5) is 10.5 Å². The van der Waals surface area contributed by atoms with E-state index in [2.05, 4.69) is 21.2 Å². The van der Waals surface area contributed by atoms with E-state index >= 15 is 0 Å². The molecule has 0 unspecified atom stereocenters. The fourth-order valence-electron chi connectivity index (χ4n) is 1.41. The summed E-state index contributed by atoms with van der Waals surface area (Å²) in [5.74, 6) is 0. The molecule has 0 aliphatic carbocycles. The molecule has 0 heterocycles. The lowest BCUT2D eigenvalue weighted by atomic mass is 10.1. The van der Waals surface area contributed by atoms with Gasteiger partial charge in [0.1, 0.15) is 6.34 Å². The van der Waals surface area contributed by atoms with Crippen molar-refractivity contribution in [2.75, 3.05) is 18.5 Å². The zero-order valence-corrected chi connectivity index (χ0v) is 10.5. The van der Waals surface area contributed by atoms with Crippen LogP contribution in [0.2, 0.25) is 0 Å². The minimum Gasteiger partial charge on any atom is -0.394 e. The number of aryl methyl sites for hydroxylation is 2. The summed E-state index contributed by atoms with van der Waals surface area (Å²) in [6, 6.07) is 5.44. The molecule has 1 aromatic rings. The summed E-state index contributed by atoms with van der Waals surface area (Å²) in [7, 11) is 0. The number of urea groups is 1. The number of nitrogens with one attached hydrogen (secondary N) is 3. The predicted molar refractivity (Wildman–Crippen MR) is 71.7 cm³/mol. The molecule has 0 atom stereocenters. The molecule has 0 aliphatic rings. The number of aliphatic hydroxyl groups excluding tert-OH is 1. The van der Waals surface area contributed by atoms with Crippen molar-refractivity contribution in [3.05, 3.63) is 29.3 Å². The lowest BCUT2D eigenvalue weighted by molar-refractivity contribution is 0.256. The van der Waals surface area contributed by atoms with Gasteiger partial charge in [-0.25, -0.2) is 4.79 Å². The van der Waals surface area contributed by atoms with Gasteiger partial charge in [-0.15, -0.1) is 0 Å². The monoisotopic (exact) mass is 250 g/mol. The van der Waals surface area contributed by atoms with Crippen LogP contribution >= 0.6 is 0 Å². The van der Waals surface area contributed by atoms with E-state index in [9.17, 15) is 4.79 Å². The van der Waals surface area contributed by atoms with Crippen molar-refractivity contribution in [1.29, 1.82) is 0 Å². The highest BCUT2D eigenvalue weighted by molar-refractivity contribution is 5.97. The number of benzene rings is 1. The quantitative estimate of drug-likeness (QED) is 0.272. The molecular formula is C12H18N4O2. The van der Waals surface area contributed by atoms with Gasteiger partial charge in [-0.05, 0) is 25.0 Å². The zero-order chi connectivity index (χ0) is 13.4. The second kappa shape index (κ2) is 7.29. The maximum absolute atomic E-state index is 11.6. The summed E-state index contributed by atoms with van der Waals surface area (Å²) in [6.07, 6.45) is 1.23. The highest BCUT2D eigenvalue weighted by Crippen LogP contribution is 2.18. The van der Waals surface area contributed by atoms with Gasteiger partial charge in [-0.1, -0.05) is 18.2 Å². The highest BCUT2D eigenvalue weighted by atomic mass is 16.3. The third-order valence-corrected chi connectivity index (χ3v) is 2.29. The summed E-state index contributed by atoms with van der Waals surface area (Å²) in [5, 5.41) is 17.4. The van der Waals surface area contributed by atoms with Gasteiger partial charge in [0.05, 0.1) is 13.2 Å². The van der Waals surface area contributed by atoms with E-state index < -0.39 is 0 Å². The van der Waals surface area contributed by atoms with Crippen LogP contribution in [0, 0.1) is 13.8 Å². The molecule has 18 heavy (non-hydrogen) atoms. The van der Waals surface area contributed by atoms with Gasteiger partial charge in [0, 0.05) is 5.69 Å². The fourth-order valence-corrected chi connectivity index (χ4v) is 1.41. The van der Waals surface area contributed by atoms with Crippen LogP contribution < -0.4 is 16.1 Å². The first-order chi connectivity index (χ1) is 8.65. The van der Waals surface area contributed by atoms with Gasteiger partial charge in [0.15, 0.2) is 0 Å². The van der Waals surface area contributed by atoms with Crippen molar-refractivity contribution < 1.29 is 9.90 Å². The van der Waals surface area contributed by atoms with Crippen molar-refractivity contribution in [2.24, 2.45) is 5.10 Å². The smallest absolute Gasteiger partial charge is 0.324 e. The molecule has 0 fully saturated rings.